The molecule has 1 saturated carbocycles. The molecule has 0 aromatic heterocycles. The minimum atomic E-state index is -3.69. The lowest BCUT2D eigenvalue weighted by atomic mass is 10.1. The van der Waals surface area contributed by atoms with E-state index in [4.69, 9.17) is 0 Å². The van der Waals surface area contributed by atoms with Crippen molar-refractivity contribution in [2.45, 2.75) is 38.3 Å². The van der Waals surface area contributed by atoms with E-state index in [1.54, 1.807) is 31.2 Å². The summed E-state index contributed by atoms with van der Waals surface area (Å²) in [6, 6.07) is 15.8. The van der Waals surface area contributed by atoms with Gasteiger partial charge < -0.3 is 10.6 Å². The highest BCUT2D eigenvalue weighted by Crippen LogP contribution is 2.22. The van der Waals surface area contributed by atoms with E-state index in [0.717, 1.165) is 34.5 Å². The quantitative estimate of drug-likeness (QED) is 0.635. The zero-order chi connectivity index (χ0) is 21.7. The van der Waals surface area contributed by atoms with Crippen LogP contribution < -0.4 is 14.9 Å². The number of sulfonamides is 1. The summed E-state index contributed by atoms with van der Waals surface area (Å²) in [4.78, 5) is 25.5. The third kappa shape index (κ3) is 6.06. The van der Waals surface area contributed by atoms with E-state index in [1.165, 1.54) is 0 Å². The standard InChI is InChI=1S/C22H27N3O4S/c1-16-8-6-7-11-20(16)25(30(2,28)29)15-21(26)24-19(22(27)23-18-12-13-18)14-17-9-4-3-5-10-17/h3-11,18-19H,12-15H2,1-2H3,(H,23,27)(H,24,26). The Hall–Kier alpha value is -2.87. The first kappa shape index (κ1) is 21.8. The largest absolute Gasteiger partial charge is 0.352 e. The molecule has 2 amide bonds. The number of nitrogens with one attached hydrogen (secondary N) is 2. The van der Waals surface area contributed by atoms with Crippen LogP contribution in [0, 0.1) is 6.92 Å². The third-order valence-corrected chi connectivity index (χ3v) is 6.06. The minimum absolute atomic E-state index is 0.159. The fourth-order valence-electron chi connectivity index (χ4n) is 3.18. The second-order valence-electron chi connectivity index (χ2n) is 7.65. The van der Waals surface area contributed by atoms with Crippen molar-refractivity contribution in [2.75, 3.05) is 17.1 Å². The molecule has 2 aromatic rings. The minimum Gasteiger partial charge on any atom is -0.352 e. The van der Waals surface area contributed by atoms with Crippen LogP contribution in [0.15, 0.2) is 54.6 Å². The molecule has 0 spiro atoms. The topological polar surface area (TPSA) is 95.6 Å². The number of carbonyl (C=O) groups excluding carboxylic acids is 2. The summed E-state index contributed by atoms with van der Waals surface area (Å²) in [5.74, 6) is -0.785. The average molecular weight is 430 g/mol. The zero-order valence-corrected chi connectivity index (χ0v) is 18.0. The number of aryl methyl sites for hydroxylation is 1. The van der Waals surface area contributed by atoms with Crippen molar-refractivity contribution in [3.8, 4) is 0 Å². The molecule has 2 aromatic carbocycles. The molecule has 160 valence electrons. The molecule has 0 saturated heterocycles. The fraction of sp³-hybridized carbons (Fsp3) is 0.364. The monoisotopic (exact) mass is 429 g/mol. The van der Waals surface area contributed by atoms with E-state index < -0.39 is 28.5 Å². The van der Waals surface area contributed by atoms with Gasteiger partial charge in [0.15, 0.2) is 0 Å². The summed E-state index contributed by atoms with van der Waals surface area (Å²) in [6.45, 7) is 1.39. The number of anilines is 1. The fourth-order valence-corrected chi connectivity index (χ4v) is 4.10. The Morgan fingerprint density at radius 2 is 1.70 bits per heavy atom. The van der Waals surface area contributed by atoms with E-state index in [1.807, 2.05) is 30.3 Å². The smallest absolute Gasteiger partial charge is 0.243 e. The molecular weight excluding hydrogens is 402 g/mol. The molecule has 0 heterocycles. The summed E-state index contributed by atoms with van der Waals surface area (Å²) in [5, 5.41) is 5.65. The van der Waals surface area contributed by atoms with Gasteiger partial charge in [-0.15, -0.1) is 0 Å². The first-order valence-corrected chi connectivity index (χ1v) is 11.8. The number of para-hydroxylation sites is 1. The number of carbonyl (C=O) groups is 2. The van der Waals surface area contributed by atoms with E-state index in [-0.39, 0.29) is 11.9 Å². The molecule has 1 atom stereocenters. The second-order valence-corrected chi connectivity index (χ2v) is 9.56. The van der Waals surface area contributed by atoms with Crippen LogP contribution in [-0.2, 0) is 26.0 Å². The van der Waals surface area contributed by atoms with Gasteiger partial charge in [-0.3, -0.25) is 13.9 Å². The van der Waals surface area contributed by atoms with Gasteiger partial charge in [0.2, 0.25) is 21.8 Å². The molecule has 1 aliphatic rings. The maximum atomic E-state index is 12.8. The zero-order valence-electron chi connectivity index (χ0n) is 17.2. The van der Waals surface area contributed by atoms with E-state index in [2.05, 4.69) is 10.6 Å². The Bertz CT molecular complexity index is 1000. The van der Waals surface area contributed by atoms with Crippen LogP contribution >= 0.6 is 0 Å². The van der Waals surface area contributed by atoms with Crippen LogP contribution in [0.25, 0.3) is 0 Å². The van der Waals surface area contributed by atoms with Crippen LogP contribution in [0.3, 0.4) is 0 Å². The molecule has 0 bridgehead atoms. The average Bonchev–Trinajstić information content (AvgIpc) is 3.50. The number of benzene rings is 2. The SMILES string of the molecule is Cc1ccccc1N(CC(=O)NC(Cc1ccccc1)C(=O)NC1CC1)S(C)(=O)=O. The summed E-state index contributed by atoms with van der Waals surface area (Å²) >= 11 is 0. The van der Waals surface area contributed by atoms with Crippen LogP contribution in [-0.4, -0.2) is 45.1 Å². The highest BCUT2D eigenvalue weighted by Gasteiger charge is 2.30. The van der Waals surface area contributed by atoms with Crippen molar-refractivity contribution in [1.29, 1.82) is 0 Å². The van der Waals surface area contributed by atoms with Crippen LogP contribution in [0.1, 0.15) is 24.0 Å². The number of amides is 2. The number of hydrogen-bond acceptors (Lipinski definition) is 4. The highest BCUT2D eigenvalue weighted by molar-refractivity contribution is 7.92. The molecule has 1 fully saturated rings. The molecule has 1 aliphatic carbocycles. The van der Waals surface area contributed by atoms with Crippen LogP contribution in [0.2, 0.25) is 0 Å². The molecular formula is C22H27N3O4S. The molecule has 2 N–H and O–H groups in total. The molecule has 3 rings (SSSR count). The maximum absolute atomic E-state index is 12.8. The Labute approximate surface area is 177 Å². The Balaban J connectivity index is 1.76. The number of hydrogen-bond donors (Lipinski definition) is 2. The van der Waals surface area contributed by atoms with Crippen LogP contribution in [0.4, 0.5) is 5.69 Å². The molecule has 0 radical (unpaired) electrons. The summed E-state index contributed by atoms with van der Waals surface area (Å²) < 4.78 is 25.8. The van der Waals surface area contributed by atoms with E-state index in [9.17, 15) is 18.0 Å². The lowest BCUT2D eigenvalue weighted by Gasteiger charge is -2.25. The van der Waals surface area contributed by atoms with Gasteiger partial charge in [-0.25, -0.2) is 8.42 Å². The number of nitrogens with zero attached hydrogens (tertiary/aromatic N) is 1. The normalized spacial score (nSPS) is 14.6. The second kappa shape index (κ2) is 9.30. The van der Waals surface area contributed by atoms with Gasteiger partial charge >= 0.3 is 0 Å². The predicted octanol–water partition coefficient (Wildman–Crippen LogP) is 1.77. The van der Waals surface area contributed by atoms with Gasteiger partial charge in [0, 0.05) is 12.5 Å². The Morgan fingerprint density at radius 3 is 2.30 bits per heavy atom. The lowest BCUT2D eigenvalue weighted by molar-refractivity contribution is -0.128. The van der Waals surface area contributed by atoms with Crippen molar-refractivity contribution in [3.63, 3.8) is 0 Å². The first-order valence-electron chi connectivity index (χ1n) is 9.91. The third-order valence-electron chi connectivity index (χ3n) is 4.93. The first-order chi connectivity index (χ1) is 14.2. The predicted molar refractivity (Wildman–Crippen MR) is 117 cm³/mol. The Kier molecular flexibility index (Phi) is 6.77. The van der Waals surface area contributed by atoms with Gasteiger partial charge in [0.05, 0.1) is 11.9 Å². The highest BCUT2D eigenvalue weighted by atomic mass is 32.2. The van der Waals surface area contributed by atoms with Crippen molar-refractivity contribution in [3.05, 3.63) is 65.7 Å². The molecule has 8 heteroatoms. The van der Waals surface area contributed by atoms with E-state index in [0.29, 0.717) is 12.1 Å². The molecule has 7 nitrogen and oxygen atoms in total. The number of rotatable bonds is 9. The van der Waals surface area contributed by atoms with Crippen molar-refractivity contribution in [2.24, 2.45) is 0 Å². The van der Waals surface area contributed by atoms with Gasteiger partial charge in [-0.05, 0) is 37.0 Å². The summed E-state index contributed by atoms with van der Waals surface area (Å²) in [7, 11) is -3.69. The molecule has 0 aliphatic heterocycles. The van der Waals surface area contributed by atoms with Crippen molar-refractivity contribution >= 4 is 27.5 Å². The van der Waals surface area contributed by atoms with Crippen LogP contribution in [0.5, 0.6) is 0 Å². The summed E-state index contributed by atoms with van der Waals surface area (Å²) in [6.07, 6.45) is 3.27. The van der Waals surface area contributed by atoms with Gasteiger partial charge in [0.1, 0.15) is 12.6 Å². The van der Waals surface area contributed by atoms with Crippen molar-refractivity contribution in [1.82, 2.24) is 10.6 Å². The van der Waals surface area contributed by atoms with E-state index >= 15 is 0 Å². The maximum Gasteiger partial charge on any atom is 0.243 e. The lowest BCUT2D eigenvalue weighted by Crippen LogP contribution is -2.51. The summed E-state index contributed by atoms with van der Waals surface area (Å²) in [5.41, 5.74) is 2.09. The molecule has 30 heavy (non-hydrogen) atoms. The van der Waals surface area contributed by atoms with Crippen molar-refractivity contribution < 1.29 is 18.0 Å². The molecule has 1 unspecified atom stereocenters. The van der Waals surface area contributed by atoms with Gasteiger partial charge in [-0.2, -0.15) is 0 Å². The van der Waals surface area contributed by atoms with Gasteiger partial charge in [0.25, 0.3) is 0 Å². The van der Waals surface area contributed by atoms with Gasteiger partial charge in [-0.1, -0.05) is 48.5 Å². The Morgan fingerprint density at radius 1 is 1.07 bits per heavy atom.